The van der Waals surface area contributed by atoms with Crippen molar-refractivity contribution in [3.8, 4) is 45.0 Å². The number of benzene rings is 4. The summed E-state index contributed by atoms with van der Waals surface area (Å²) in [6, 6.07) is 46.3. The molecule has 0 aliphatic heterocycles. The Kier molecular flexibility index (Phi) is 26.1. The molecule has 0 unspecified atom stereocenters. The second kappa shape index (κ2) is 30.8. The average molecular weight is 1430 g/mol. The summed E-state index contributed by atoms with van der Waals surface area (Å²) in [5.41, 5.74) is 22.0. The molecule has 8 aromatic rings. The fraction of sp³-hybridized carbons (Fsp3) is 0.450. The topological polar surface area (TPSA) is 15.5 Å². The molecule has 0 saturated heterocycles. The van der Waals surface area contributed by atoms with Crippen molar-refractivity contribution in [2.45, 2.75) is 196 Å². The van der Waals surface area contributed by atoms with E-state index in [9.17, 15) is 0 Å². The van der Waals surface area contributed by atoms with Crippen LogP contribution in [0.3, 0.4) is 0 Å². The quantitative estimate of drug-likeness (QED) is 0.0762. The molecule has 4 aromatic carbocycles. The van der Waals surface area contributed by atoms with Crippen molar-refractivity contribution in [3.63, 3.8) is 0 Å². The van der Waals surface area contributed by atoms with Gasteiger partial charge < -0.3 is 0 Å². The summed E-state index contributed by atoms with van der Waals surface area (Å²) in [7, 11) is 8.72. The van der Waals surface area contributed by atoms with Crippen molar-refractivity contribution in [3.05, 3.63) is 191 Å². The molecule has 0 N–H and O–H groups in total. The summed E-state index contributed by atoms with van der Waals surface area (Å²) in [5, 5.41) is 0. The summed E-state index contributed by atoms with van der Waals surface area (Å²) in [4.78, 5) is 0. The molecule has 0 aliphatic carbocycles. The van der Waals surface area contributed by atoms with Crippen LogP contribution in [0.5, 0.6) is 0 Å². The van der Waals surface area contributed by atoms with Crippen LogP contribution in [-0.2, 0) is 40.0 Å². The number of rotatable bonds is 14. The first-order chi connectivity index (χ1) is 40.6. The molecular formula is C80H120Ge4N4+4. The van der Waals surface area contributed by atoms with E-state index in [0.29, 0.717) is 17.8 Å². The maximum atomic E-state index is 2.45. The zero-order valence-corrected chi connectivity index (χ0v) is 69.4. The van der Waals surface area contributed by atoms with E-state index >= 15 is 0 Å². The van der Waals surface area contributed by atoms with Gasteiger partial charge in [0.25, 0.3) is 0 Å². The van der Waals surface area contributed by atoms with Crippen LogP contribution < -0.4 is 35.9 Å². The van der Waals surface area contributed by atoms with Crippen molar-refractivity contribution in [2.24, 2.45) is 34.1 Å². The van der Waals surface area contributed by atoms with Gasteiger partial charge in [-0.1, -0.05) is 0 Å². The summed E-state index contributed by atoms with van der Waals surface area (Å²) >= 11 is -7.05. The average Bonchev–Trinajstić information content (AvgIpc) is 2.56. The van der Waals surface area contributed by atoms with Gasteiger partial charge in [0, 0.05) is 0 Å². The molecule has 4 aromatic heterocycles. The molecule has 472 valence electrons. The van der Waals surface area contributed by atoms with Crippen LogP contribution in [0.4, 0.5) is 0 Å². The Labute approximate surface area is 549 Å². The van der Waals surface area contributed by atoms with Gasteiger partial charge >= 0.3 is 554 Å². The van der Waals surface area contributed by atoms with Crippen molar-refractivity contribution < 1.29 is 18.3 Å². The van der Waals surface area contributed by atoms with Crippen molar-refractivity contribution in [1.82, 2.24) is 0 Å². The van der Waals surface area contributed by atoms with Crippen LogP contribution >= 0.6 is 0 Å². The number of aryl methyl sites for hydroxylation is 8. The minimum absolute atomic E-state index is 0.182. The Morgan fingerprint density at radius 3 is 0.955 bits per heavy atom. The monoisotopic (exact) mass is 1430 g/mol. The van der Waals surface area contributed by atoms with Crippen LogP contribution in [0, 0.1) is 33.6 Å². The maximum absolute atomic E-state index is 2.45. The van der Waals surface area contributed by atoms with E-state index in [-0.39, 0.29) is 5.41 Å². The Bertz CT molecular complexity index is 3640. The van der Waals surface area contributed by atoms with E-state index in [1.54, 1.807) is 17.6 Å². The Morgan fingerprint density at radius 2 is 0.659 bits per heavy atom. The number of hydrogen-bond acceptors (Lipinski definition) is 0. The molecule has 8 rings (SSSR count). The van der Waals surface area contributed by atoms with Gasteiger partial charge in [-0.25, -0.2) is 0 Å². The van der Waals surface area contributed by atoms with Crippen molar-refractivity contribution in [2.75, 3.05) is 0 Å². The van der Waals surface area contributed by atoms with Gasteiger partial charge in [0.1, 0.15) is 0 Å². The number of hydrogen-bond donors (Lipinski definition) is 0. The molecule has 4 nitrogen and oxygen atoms in total. The van der Waals surface area contributed by atoms with Gasteiger partial charge in [0.2, 0.25) is 0 Å². The van der Waals surface area contributed by atoms with Gasteiger partial charge in [-0.05, 0) is 0 Å². The van der Waals surface area contributed by atoms with Gasteiger partial charge in [-0.3, -0.25) is 0 Å². The van der Waals surface area contributed by atoms with Gasteiger partial charge in [0.15, 0.2) is 0 Å². The fourth-order valence-corrected chi connectivity index (χ4v) is 21.2. The predicted molar refractivity (Wildman–Crippen MR) is 398 cm³/mol. The van der Waals surface area contributed by atoms with Crippen LogP contribution in [0.15, 0.2) is 146 Å². The molecule has 0 saturated carbocycles. The second-order valence-electron chi connectivity index (χ2n) is 31.5. The Hall–Kier alpha value is -4.35. The predicted octanol–water partition coefficient (Wildman–Crippen LogP) is 17.6. The van der Waals surface area contributed by atoms with Crippen LogP contribution in [0.1, 0.15) is 131 Å². The van der Waals surface area contributed by atoms with E-state index in [1.165, 1.54) is 102 Å². The van der Waals surface area contributed by atoms with E-state index in [2.05, 4.69) is 352 Å². The molecule has 4 heterocycles. The Morgan fingerprint density at radius 1 is 0.364 bits per heavy atom. The standard InChI is InChI=1S/C21H32GeN.2C20H30GeN.C19H28GeN/c1-8-17(9-2)18-11-10-16(3)20(14-18)21-13-12-19(15-23(21)7)22(4,5)6;1-15-9-10-16(20(2,3)4)13-18(15)19-12-11-17(14-22(19)8)21(5,6)7;1-15(2)12-17-9-8-16(3)19(13-17)20-11-10-18(14-22(20)7)21(4,5)6;1-14(2)16-9-8-15(3)18(12-16)19-11-10-17(13-21(19)7)20(4,5)6/h10-15,17H,8-9H2,1-7H3;9-14H,1-8H3;8-11,13-15H,12H2,1-7H3;8-14H,1-7H3/q4*+1. The van der Waals surface area contributed by atoms with E-state index < -0.39 is 53.1 Å². The van der Waals surface area contributed by atoms with E-state index in [0.717, 1.165) is 6.42 Å². The normalized spacial score (nSPS) is 12.1. The molecule has 8 heteroatoms. The van der Waals surface area contributed by atoms with Crippen LogP contribution in [-0.4, -0.2) is 53.1 Å². The number of aromatic nitrogens is 4. The van der Waals surface area contributed by atoms with E-state index in [4.69, 9.17) is 0 Å². The summed E-state index contributed by atoms with van der Waals surface area (Å²) in [6.45, 7) is 29.3. The number of nitrogens with zero attached hydrogens (tertiary/aromatic N) is 4. The third-order valence-electron chi connectivity index (χ3n) is 17.8. The molecule has 0 amide bonds. The molecule has 0 bridgehead atoms. The minimum atomic E-state index is -1.77. The molecular weight excluding hydrogens is 1310 g/mol. The first kappa shape index (κ1) is 74.4. The molecule has 88 heavy (non-hydrogen) atoms. The molecule has 0 spiro atoms. The molecule has 0 radical (unpaired) electrons. The molecule has 0 atom stereocenters. The van der Waals surface area contributed by atoms with Crippen molar-refractivity contribution >= 4 is 70.6 Å². The summed E-state index contributed by atoms with van der Waals surface area (Å²) in [5.74, 6) is 31.3. The zero-order valence-electron chi connectivity index (χ0n) is 61.0. The third kappa shape index (κ3) is 20.3. The summed E-state index contributed by atoms with van der Waals surface area (Å²) < 4.78 is 15.5. The first-order valence-corrected chi connectivity index (χ1v) is 62.5. The van der Waals surface area contributed by atoms with Gasteiger partial charge in [-0.15, -0.1) is 0 Å². The fourth-order valence-electron chi connectivity index (χ4n) is 11.4. The van der Waals surface area contributed by atoms with Crippen molar-refractivity contribution in [1.29, 1.82) is 0 Å². The first-order valence-electron chi connectivity index (χ1n) is 33.1. The van der Waals surface area contributed by atoms with Crippen LogP contribution in [0.2, 0.25) is 69.1 Å². The molecule has 0 fully saturated rings. The zero-order chi connectivity index (χ0) is 66.2. The third-order valence-corrected chi connectivity index (χ3v) is 34.8. The van der Waals surface area contributed by atoms with E-state index in [1.807, 2.05) is 0 Å². The van der Waals surface area contributed by atoms with Gasteiger partial charge in [0.05, 0.1) is 0 Å². The molecule has 0 aliphatic rings. The SMILES string of the molecule is CCC(CC)c1ccc(C)c(-c2cc[c]([Ge]([CH3])([CH3])[CH3])c[n+]2C)c1.Cc1ccc(C(C)(C)C)cc1-c1cc[c]([Ge]([CH3])([CH3])[CH3])c[n+]1C.Cc1ccc(C(C)C)cc1-c1cc[c]([Ge]([CH3])([CH3])[CH3])c[n+]1C.Cc1ccc(CC(C)C)cc1-c1cc[c]([Ge]([CH3])([CH3])[CH3])c[n+]1C. The summed E-state index contributed by atoms with van der Waals surface area (Å²) in [6.07, 6.45) is 13.0. The van der Waals surface area contributed by atoms with Crippen LogP contribution in [0.25, 0.3) is 45.0 Å². The number of pyridine rings is 4. The van der Waals surface area contributed by atoms with Gasteiger partial charge in [-0.2, -0.15) is 0 Å². The Balaban J connectivity index is 0.000000214. The second-order valence-corrected chi connectivity index (χ2v) is 74.1.